The highest BCUT2D eigenvalue weighted by atomic mass is 32.1. The summed E-state index contributed by atoms with van der Waals surface area (Å²) in [5.74, 6) is 0.186. The number of H-pyrrole nitrogens is 1. The number of rotatable bonds is 4. The van der Waals surface area contributed by atoms with Gasteiger partial charge in [0.2, 0.25) is 5.91 Å². The summed E-state index contributed by atoms with van der Waals surface area (Å²) in [6, 6.07) is 7.29. The van der Waals surface area contributed by atoms with Crippen molar-refractivity contribution in [1.29, 1.82) is 0 Å². The van der Waals surface area contributed by atoms with Gasteiger partial charge < -0.3 is 5.32 Å². The molecule has 1 saturated carbocycles. The first-order chi connectivity index (χ1) is 12.2. The Balaban J connectivity index is 1.52. The fourth-order valence-corrected chi connectivity index (χ4v) is 4.07. The average Bonchev–Trinajstić information content (AvgIpc) is 3.30. The van der Waals surface area contributed by atoms with Crippen LogP contribution < -0.4 is 10.9 Å². The molecule has 0 radical (unpaired) electrons. The van der Waals surface area contributed by atoms with Crippen LogP contribution in [0.2, 0.25) is 0 Å². The number of fused-ring (bicyclic) bond motifs is 1. The topological polar surface area (TPSA) is 79.3 Å². The van der Waals surface area contributed by atoms with Gasteiger partial charge in [-0.05, 0) is 24.3 Å². The number of carbonyl (C=O) groups is 1. The quantitative estimate of drug-likeness (QED) is 0.754. The maximum absolute atomic E-state index is 12.3. The second-order valence-electron chi connectivity index (χ2n) is 6.48. The fourth-order valence-electron chi connectivity index (χ4n) is 3.38. The average molecular weight is 356 g/mol. The van der Waals surface area contributed by atoms with Crippen LogP contribution in [0.5, 0.6) is 0 Å². The van der Waals surface area contributed by atoms with Crippen molar-refractivity contribution >= 4 is 22.9 Å². The summed E-state index contributed by atoms with van der Waals surface area (Å²) in [7, 11) is 0. The lowest BCUT2D eigenvalue weighted by Gasteiger charge is -2.20. The van der Waals surface area contributed by atoms with E-state index in [0.717, 1.165) is 36.3 Å². The van der Waals surface area contributed by atoms with Crippen molar-refractivity contribution in [3.05, 3.63) is 45.7 Å². The Morgan fingerprint density at radius 2 is 2.16 bits per heavy atom. The number of hydrogen-bond donors (Lipinski definition) is 2. The van der Waals surface area contributed by atoms with E-state index in [1.165, 1.54) is 17.0 Å². The molecule has 1 aliphatic carbocycles. The second-order valence-corrected chi connectivity index (χ2v) is 7.43. The van der Waals surface area contributed by atoms with Crippen molar-refractivity contribution < 1.29 is 4.79 Å². The van der Waals surface area contributed by atoms with Gasteiger partial charge in [0.05, 0.1) is 22.8 Å². The van der Waals surface area contributed by atoms with Crippen molar-refractivity contribution in [2.75, 3.05) is 0 Å². The summed E-state index contributed by atoms with van der Waals surface area (Å²) >= 11 is 1.60. The lowest BCUT2D eigenvalue weighted by Crippen LogP contribution is -2.32. The van der Waals surface area contributed by atoms with E-state index in [1.807, 2.05) is 23.6 Å². The largest absolute Gasteiger partial charge is 0.350 e. The Bertz CT molecular complexity index is 936. The molecule has 1 fully saturated rings. The van der Waals surface area contributed by atoms with Crippen LogP contribution in [0.25, 0.3) is 16.2 Å². The van der Waals surface area contributed by atoms with Crippen LogP contribution in [0.15, 0.2) is 34.4 Å². The van der Waals surface area contributed by atoms with E-state index in [4.69, 9.17) is 0 Å². The van der Waals surface area contributed by atoms with E-state index in [1.54, 1.807) is 11.3 Å². The van der Waals surface area contributed by atoms with E-state index in [0.29, 0.717) is 17.9 Å². The Kier molecular flexibility index (Phi) is 4.40. The molecule has 0 spiro atoms. The van der Waals surface area contributed by atoms with Gasteiger partial charge in [-0.15, -0.1) is 11.3 Å². The molecule has 3 aromatic heterocycles. The van der Waals surface area contributed by atoms with Crippen molar-refractivity contribution in [1.82, 2.24) is 19.9 Å². The Labute approximate surface area is 148 Å². The minimum absolute atomic E-state index is 0.0787. The molecule has 3 heterocycles. The maximum atomic E-state index is 12.3. The monoisotopic (exact) mass is 356 g/mol. The van der Waals surface area contributed by atoms with Crippen molar-refractivity contribution in [3.63, 3.8) is 0 Å². The standard InChI is InChI=1S/C18H20N4O2S/c23-17-9-13(11-19-18(24)12-5-2-1-3-6-12)20-16-10-14(21-22(16)17)15-7-4-8-25-15/h4,7-10,12,21H,1-3,5-6,11H2,(H,19,24). The zero-order valence-electron chi connectivity index (χ0n) is 13.8. The summed E-state index contributed by atoms with van der Waals surface area (Å²) in [6.45, 7) is 0.292. The third kappa shape index (κ3) is 3.37. The van der Waals surface area contributed by atoms with Gasteiger partial charge in [0.15, 0.2) is 5.65 Å². The highest BCUT2D eigenvalue weighted by Gasteiger charge is 2.20. The molecule has 0 aromatic carbocycles. The number of nitrogens with zero attached hydrogens (tertiary/aromatic N) is 2. The Hall–Kier alpha value is -2.41. The number of aromatic nitrogens is 3. The highest BCUT2D eigenvalue weighted by molar-refractivity contribution is 7.13. The lowest BCUT2D eigenvalue weighted by atomic mass is 9.89. The SMILES string of the molecule is O=C(NCc1cc(=O)n2[nH]c(-c3cccs3)cc2n1)C1CCCCC1. The molecule has 1 amide bonds. The van der Waals surface area contributed by atoms with Crippen molar-refractivity contribution in [3.8, 4) is 10.6 Å². The second kappa shape index (κ2) is 6.84. The molecule has 0 saturated heterocycles. The fraction of sp³-hybridized carbons (Fsp3) is 0.389. The van der Waals surface area contributed by atoms with Crippen LogP contribution in [0.3, 0.4) is 0 Å². The van der Waals surface area contributed by atoms with Crippen molar-refractivity contribution in [2.45, 2.75) is 38.6 Å². The minimum atomic E-state index is -0.172. The van der Waals surface area contributed by atoms with Gasteiger partial charge in [-0.1, -0.05) is 25.3 Å². The molecular weight excluding hydrogens is 336 g/mol. The molecule has 0 unspecified atom stereocenters. The van der Waals surface area contributed by atoms with Crippen LogP contribution in [0, 0.1) is 5.92 Å². The highest BCUT2D eigenvalue weighted by Crippen LogP contribution is 2.24. The van der Waals surface area contributed by atoms with Crippen LogP contribution in [-0.2, 0) is 11.3 Å². The van der Waals surface area contributed by atoms with E-state index in [9.17, 15) is 9.59 Å². The smallest absolute Gasteiger partial charge is 0.272 e. The third-order valence-corrected chi connectivity index (χ3v) is 5.61. The molecule has 130 valence electrons. The van der Waals surface area contributed by atoms with Crippen molar-refractivity contribution in [2.24, 2.45) is 5.92 Å². The first kappa shape index (κ1) is 16.1. The van der Waals surface area contributed by atoms with Gasteiger partial charge in [-0.25, -0.2) is 9.50 Å². The van der Waals surface area contributed by atoms with Gasteiger partial charge in [0.25, 0.3) is 5.56 Å². The predicted octanol–water partition coefficient (Wildman–Crippen LogP) is 2.95. The summed E-state index contributed by atoms with van der Waals surface area (Å²) in [6.07, 6.45) is 5.39. The van der Waals surface area contributed by atoms with Gasteiger partial charge in [0, 0.05) is 18.1 Å². The summed E-state index contributed by atoms with van der Waals surface area (Å²) in [5.41, 5.74) is 1.85. The lowest BCUT2D eigenvalue weighted by molar-refractivity contribution is -0.126. The number of thiophene rings is 1. The number of carbonyl (C=O) groups excluding carboxylic acids is 1. The van der Waals surface area contributed by atoms with Gasteiger partial charge >= 0.3 is 0 Å². The zero-order valence-corrected chi connectivity index (χ0v) is 14.6. The molecule has 4 rings (SSSR count). The van der Waals surface area contributed by atoms with E-state index in [-0.39, 0.29) is 17.4 Å². The predicted molar refractivity (Wildman–Crippen MR) is 97.5 cm³/mol. The van der Waals surface area contributed by atoms with Crippen LogP contribution in [-0.4, -0.2) is 20.5 Å². The Morgan fingerprint density at radius 3 is 2.92 bits per heavy atom. The molecular formula is C18H20N4O2S. The van der Waals surface area contributed by atoms with Crippen LogP contribution in [0.4, 0.5) is 0 Å². The first-order valence-corrected chi connectivity index (χ1v) is 9.52. The molecule has 3 aromatic rings. The maximum Gasteiger partial charge on any atom is 0.272 e. The van der Waals surface area contributed by atoms with Gasteiger partial charge in [0.1, 0.15) is 0 Å². The number of hydrogen-bond acceptors (Lipinski definition) is 4. The molecule has 0 aliphatic heterocycles. The number of amides is 1. The minimum Gasteiger partial charge on any atom is -0.350 e. The summed E-state index contributed by atoms with van der Waals surface area (Å²) in [4.78, 5) is 30.1. The summed E-state index contributed by atoms with van der Waals surface area (Å²) in [5, 5.41) is 8.00. The summed E-state index contributed by atoms with van der Waals surface area (Å²) < 4.78 is 1.43. The number of nitrogens with one attached hydrogen (secondary N) is 2. The molecule has 7 heteroatoms. The molecule has 1 aliphatic rings. The van der Waals surface area contributed by atoms with Crippen LogP contribution >= 0.6 is 11.3 Å². The van der Waals surface area contributed by atoms with E-state index < -0.39 is 0 Å². The first-order valence-electron chi connectivity index (χ1n) is 8.64. The third-order valence-electron chi connectivity index (χ3n) is 4.71. The van der Waals surface area contributed by atoms with Crippen LogP contribution in [0.1, 0.15) is 37.8 Å². The van der Waals surface area contributed by atoms with E-state index >= 15 is 0 Å². The zero-order chi connectivity index (χ0) is 17.2. The van der Waals surface area contributed by atoms with E-state index in [2.05, 4.69) is 15.4 Å². The number of aromatic amines is 1. The Morgan fingerprint density at radius 1 is 1.32 bits per heavy atom. The molecule has 25 heavy (non-hydrogen) atoms. The molecule has 2 N–H and O–H groups in total. The molecule has 0 atom stereocenters. The normalized spacial score (nSPS) is 15.5. The molecule has 6 nitrogen and oxygen atoms in total. The van der Waals surface area contributed by atoms with Gasteiger partial charge in [-0.3, -0.25) is 14.7 Å². The molecule has 0 bridgehead atoms. The van der Waals surface area contributed by atoms with Gasteiger partial charge in [-0.2, -0.15) is 0 Å².